The van der Waals surface area contributed by atoms with E-state index in [0.29, 0.717) is 23.1 Å². The number of aromatic amines is 1. The van der Waals surface area contributed by atoms with Crippen LogP contribution in [0.5, 0.6) is 0 Å². The van der Waals surface area contributed by atoms with Crippen molar-refractivity contribution in [2.75, 3.05) is 6.61 Å². The van der Waals surface area contributed by atoms with Crippen molar-refractivity contribution in [3.63, 3.8) is 0 Å². The van der Waals surface area contributed by atoms with Crippen LogP contribution >= 0.6 is 23.2 Å². The summed E-state index contributed by atoms with van der Waals surface area (Å²) in [5, 5.41) is 2.10. The van der Waals surface area contributed by atoms with Crippen LogP contribution in [0.3, 0.4) is 0 Å². The first-order chi connectivity index (χ1) is 9.11. The minimum Gasteiger partial charge on any atom is -0.466 e. The molecule has 0 amide bonds. The van der Waals surface area contributed by atoms with Crippen molar-refractivity contribution in [3.05, 3.63) is 33.9 Å². The van der Waals surface area contributed by atoms with Crippen molar-refractivity contribution in [1.82, 2.24) is 4.98 Å². The Morgan fingerprint density at radius 1 is 1.37 bits per heavy atom. The third kappa shape index (κ3) is 3.43. The Kier molecular flexibility index (Phi) is 4.72. The Balaban J connectivity index is 2.02. The van der Waals surface area contributed by atoms with Gasteiger partial charge in [0.25, 0.3) is 0 Å². The number of benzene rings is 1. The number of ether oxygens (including phenoxy) is 1. The summed E-state index contributed by atoms with van der Waals surface area (Å²) in [5.74, 6) is -0.153. The summed E-state index contributed by atoms with van der Waals surface area (Å²) in [6.07, 6.45) is 1.95. The molecule has 0 bridgehead atoms. The molecular weight excluding hydrogens is 285 g/mol. The number of hydrogen-bond donors (Lipinski definition) is 1. The van der Waals surface area contributed by atoms with Crippen LogP contribution < -0.4 is 0 Å². The highest BCUT2D eigenvalue weighted by atomic mass is 35.5. The molecule has 1 heterocycles. The topological polar surface area (TPSA) is 42.1 Å². The van der Waals surface area contributed by atoms with Crippen LogP contribution in [0.1, 0.15) is 25.5 Å². The lowest BCUT2D eigenvalue weighted by molar-refractivity contribution is -0.143. The average Bonchev–Trinajstić information content (AvgIpc) is 2.78. The standard InChI is InChI=1S/C14H15Cl2NO2/c1-2-19-12(18)5-3-4-10-8-9-6-7-11(15)13(16)14(9)17-10/h6-8,17H,2-5H2,1H3. The molecular formula is C14H15Cl2NO2. The lowest BCUT2D eigenvalue weighted by atomic mass is 10.2. The molecule has 0 unspecified atom stereocenters. The number of aromatic nitrogens is 1. The van der Waals surface area contributed by atoms with Gasteiger partial charge in [0.1, 0.15) is 0 Å². The van der Waals surface area contributed by atoms with E-state index in [-0.39, 0.29) is 5.97 Å². The molecule has 0 atom stereocenters. The Morgan fingerprint density at radius 3 is 2.89 bits per heavy atom. The number of carbonyl (C=O) groups is 1. The second kappa shape index (κ2) is 6.31. The first-order valence-electron chi connectivity index (χ1n) is 6.23. The quantitative estimate of drug-likeness (QED) is 0.834. The summed E-state index contributed by atoms with van der Waals surface area (Å²) in [4.78, 5) is 14.5. The first kappa shape index (κ1) is 14.2. The van der Waals surface area contributed by atoms with Gasteiger partial charge in [0.05, 0.1) is 22.2 Å². The van der Waals surface area contributed by atoms with Crippen molar-refractivity contribution in [1.29, 1.82) is 0 Å². The lowest BCUT2D eigenvalue weighted by Gasteiger charge is -2.00. The Bertz CT molecular complexity index is 592. The van der Waals surface area contributed by atoms with Crippen molar-refractivity contribution >= 4 is 40.1 Å². The fourth-order valence-corrected chi connectivity index (χ4v) is 2.37. The fraction of sp³-hybridized carbons (Fsp3) is 0.357. The molecule has 5 heteroatoms. The third-order valence-electron chi connectivity index (χ3n) is 2.87. The summed E-state index contributed by atoms with van der Waals surface area (Å²) in [5.41, 5.74) is 1.89. The van der Waals surface area contributed by atoms with Gasteiger partial charge < -0.3 is 9.72 Å². The Hall–Kier alpha value is -1.19. The molecule has 0 aliphatic rings. The van der Waals surface area contributed by atoms with Crippen molar-refractivity contribution < 1.29 is 9.53 Å². The van der Waals surface area contributed by atoms with Crippen LogP contribution in [0.15, 0.2) is 18.2 Å². The zero-order chi connectivity index (χ0) is 13.8. The molecule has 0 spiro atoms. The second-order valence-corrected chi connectivity index (χ2v) is 5.06. The fourth-order valence-electron chi connectivity index (χ4n) is 1.99. The summed E-state index contributed by atoms with van der Waals surface area (Å²) in [7, 11) is 0. The maximum Gasteiger partial charge on any atom is 0.305 e. The van der Waals surface area contributed by atoms with E-state index < -0.39 is 0 Å². The monoisotopic (exact) mass is 299 g/mol. The number of halogens is 2. The maximum absolute atomic E-state index is 11.2. The molecule has 0 fully saturated rings. The normalized spacial score (nSPS) is 10.9. The van der Waals surface area contributed by atoms with Crippen LogP contribution in [-0.4, -0.2) is 17.6 Å². The van der Waals surface area contributed by atoms with E-state index in [9.17, 15) is 4.79 Å². The molecule has 0 aliphatic carbocycles. The maximum atomic E-state index is 11.2. The number of carbonyl (C=O) groups excluding carboxylic acids is 1. The highest BCUT2D eigenvalue weighted by Crippen LogP contribution is 2.30. The van der Waals surface area contributed by atoms with Gasteiger partial charge in [-0.15, -0.1) is 0 Å². The van der Waals surface area contributed by atoms with E-state index in [4.69, 9.17) is 27.9 Å². The van der Waals surface area contributed by atoms with Gasteiger partial charge in [-0.1, -0.05) is 29.3 Å². The van der Waals surface area contributed by atoms with E-state index in [1.165, 1.54) is 0 Å². The van der Waals surface area contributed by atoms with E-state index in [1.807, 2.05) is 12.1 Å². The smallest absolute Gasteiger partial charge is 0.305 e. The summed E-state index contributed by atoms with van der Waals surface area (Å²) in [6, 6.07) is 5.74. The largest absolute Gasteiger partial charge is 0.466 e. The van der Waals surface area contributed by atoms with E-state index in [0.717, 1.165) is 29.4 Å². The number of aryl methyl sites for hydroxylation is 1. The Morgan fingerprint density at radius 2 is 2.16 bits per heavy atom. The van der Waals surface area contributed by atoms with Gasteiger partial charge >= 0.3 is 5.97 Å². The molecule has 0 saturated heterocycles. The van der Waals surface area contributed by atoms with E-state index in [2.05, 4.69) is 4.98 Å². The average molecular weight is 300 g/mol. The molecule has 2 rings (SSSR count). The van der Waals surface area contributed by atoms with Crippen LogP contribution in [0.4, 0.5) is 0 Å². The number of fused-ring (bicyclic) bond motifs is 1. The van der Waals surface area contributed by atoms with Gasteiger partial charge in [0.15, 0.2) is 0 Å². The van der Waals surface area contributed by atoms with Crippen LogP contribution in [-0.2, 0) is 16.0 Å². The lowest BCUT2D eigenvalue weighted by Crippen LogP contribution is -2.04. The molecule has 0 saturated carbocycles. The number of nitrogens with one attached hydrogen (secondary N) is 1. The number of esters is 1. The summed E-state index contributed by atoms with van der Waals surface area (Å²) in [6.45, 7) is 2.24. The van der Waals surface area contributed by atoms with Gasteiger partial charge in [-0.3, -0.25) is 4.79 Å². The zero-order valence-corrected chi connectivity index (χ0v) is 12.1. The zero-order valence-electron chi connectivity index (χ0n) is 10.6. The molecule has 2 aromatic rings. The van der Waals surface area contributed by atoms with Crippen molar-refractivity contribution in [2.45, 2.75) is 26.2 Å². The predicted molar refractivity (Wildman–Crippen MR) is 77.9 cm³/mol. The molecule has 1 aromatic carbocycles. The van der Waals surface area contributed by atoms with E-state index >= 15 is 0 Å². The summed E-state index contributed by atoms with van der Waals surface area (Å²) < 4.78 is 4.89. The summed E-state index contributed by atoms with van der Waals surface area (Å²) >= 11 is 12.1. The first-order valence-corrected chi connectivity index (χ1v) is 6.98. The highest BCUT2D eigenvalue weighted by Gasteiger charge is 2.08. The van der Waals surface area contributed by atoms with Crippen LogP contribution in [0.25, 0.3) is 10.9 Å². The molecule has 3 nitrogen and oxygen atoms in total. The van der Waals surface area contributed by atoms with Gasteiger partial charge in [-0.2, -0.15) is 0 Å². The third-order valence-corrected chi connectivity index (χ3v) is 3.68. The van der Waals surface area contributed by atoms with Crippen molar-refractivity contribution in [3.8, 4) is 0 Å². The van der Waals surface area contributed by atoms with Gasteiger partial charge in [-0.25, -0.2) is 0 Å². The second-order valence-electron chi connectivity index (χ2n) is 4.28. The van der Waals surface area contributed by atoms with Gasteiger partial charge in [-0.05, 0) is 31.9 Å². The molecule has 19 heavy (non-hydrogen) atoms. The predicted octanol–water partition coefficient (Wildman–Crippen LogP) is 4.36. The molecule has 0 radical (unpaired) electrons. The van der Waals surface area contributed by atoms with Gasteiger partial charge in [0, 0.05) is 17.5 Å². The molecule has 102 valence electrons. The number of H-pyrrole nitrogens is 1. The number of rotatable bonds is 5. The Labute approximate surface area is 121 Å². The van der Waals surface area contributed by atoms with E-state index in [1.54, 1.807) is 13.0 Å². The van der Waals surface area contributed by atoms with Crippen molar-refractivity contribution in [2.24, 2.45) is 0 Å². The minimum absolute atomic E-state index is 0.153. The highest BCUT2D eigenvalue weighted by molar-refractivity contribution is 6.45. The minimum atomic E-state index is -0.153. The number of hydrogen-bond acceptors (Lipinski definition) is 2. The SMILES string of the molecule is CCOC(=O)CCCc1cc2ccc(Cl)c(Cl)c2[nH]1. The van der Waals surface area contributed by atoms with Crippen LogP contribution in [0, 0.1) is 0 Å². The molecule has 1 N–H and O–H groups in total. The van der Waals surface area contributed by atoms with Gasteiger partial charge in [0.2, 0.25) is 0 Å². The molecule has 0 aliphatic heterocycles. The molecule has 1 aromatic heterocycles. The van der Waals surface area contributed by atoms with Crippen LogP contribution in [0.2, 0.25) is 10.0 Å².